The van der Waals surface area contributed by atoms with Gasteiger partial charge in [-0.25, -0.2) is 4.98 Å². The number of pyridine rings is 1. The molecule has 1 aromatic heterocycles. The molecule has 0 atom stereocenters. The van der Waals surface area contributed by atoms with Crippen molar-refractivity contribution >= 4 is 11.7 Å². The Morgan fingerprint density at radius 3 is 2.71 bits per heavy atom. The van der Waals surface area contributed by atoms with Crippen LogP contribution in [0.4, 0.5) is 5.82 Å². The highest BCUT2D eigenvalue weighted by molar-refractivity contribution is 5.95. The van der Waals surface area contributed by atoms with E-state index in [2.05, 4.69) is 11.9 Å². The fraction of sp³-hybridized carbons (Fsp3) is 0.500. The highest BCUT2D eigenvalue weighted by Gasteiger charge is 2.09. The molecular weight excluding hydrogens is 216 g/mol. The number of nitrogen functional groups attached to an aromatic ring is 1. The molecule has 0 saturated heterocycles. The summed E-state index contributed by atoms with van der Waals surface area (Å²) in [6.07, 6.45) is 0.977. The third-order valence-corrected chi connectivity index (χ3v) is 2.44. The van der Waals surface area contributed by atoms with Gasteiger partial charge < -0.3 is 15.7 Å². The van der Waals surface area contributed by atoms with Crippen molar-refractivity contribution in [3.05, 3.63) is 23.4 Å². The molecule has 4 N–H and O–H groups in total. The van der Waals surface area contributed by atoms with E-state index >= 15 is 0 Å². The van der Waals surface area contributed by atoms with Crippen molar-refractivity contribution in [2.24, 2.45) is 5.73 Å². The first kappa shape index (κ1) is 13.4. The lowest BCUT2D eigenvalue weighted by atomic mass is 10.2. The lowest BCUT2D eigenvalue weighted by Crippen LogP contribution is -2.29. The van der Waals surface area contributed by atoms with Gasteiger partial charge in [0.1, 0.15) is 11.7 Å². The highest BCUT2D eigenvalue weighted by atomic mass is 16.3. The van der Waals surface area contributed by atoms with Gasteiger partial charge in [-0.1, -0.05) is 6.92 Å². The standard InChI is InChI=1S/C12H20N4O/c1-3-4-16(5-6-17)11-8-10(12(13)14)7-9(2)15-11/h7-8,17H,3-6H2,1-2H3,(H3,13,14). The van der Waals surface area contributed by atoms with E-state index in [0.29, 0.717) is 12.1 Å². The third-order valence-electron chi connectivity index (χ3n) is 2.44. The maximum absolute atomic E-state index is 9.04. The molecule has 0 aliphatic rings. The van der Waals surface area contributed by atoms with E-state index in [4.69, 9.17) is 16.2 Å². The van der Waals surface area contributed by atoms with Crippen molar-refractivity contribution < 1.29 is 5.11 Å². The lowest BCUT2D eigenvalue weighted by Gasteiger charge is -2.23. The number of rotatable bonds is 6. The fourth-order valence-electron chi connectivity index (χ4n) is 1.70. The van der Waals surface area contributed by atoms with Crippen LogP contribution in [0.1, 0.15) is 24.6 Å². The van der Waals surface area contributed by atoms with Gasteiger partial charge in [0, 0.05) is 24.3 Å². The third kappa shape index (κ3) is 3.71. The molecule has 0 amide bonds. The van der Waals surface area contributed by atoms with Gasteiger partial charge in [0.2, 0.25) is 0 Å². The van der Waals surface area contributed by atoms with Gasteiger partial charge in [-0.15, -0.1) is 0 Å². The highest BCUT2D eigenvalue weighted by Crippen LogP contribution is 2.15. The number of anilines is 1. The normalized spacial score (nSPS) is 10.3. The van der Waals surface area contributed by atoms with Gasteiger partial charge >= 0.3 is 0 Å². The summed E-state index contributed by atoms with van der Waals surface area (Å²) in [5.41, 5.74) is 6.99. The predicted octanol–water partition coefficient (Wildman–Crippen LogP) is 0.883. The van der Waals surface area contributed by atoms with Gasteiger partial charge in [-0.3, -0.25) is 5.41 Å². The Morgan fingerprint density at radius 2 is 2.18 bits per heavy atom. The van der Waals surface area contributed by atoms with Crippen LogP contribution in [0.2, 0.25) is 0 Å². The van der Waals surface area contributed by atoms with Gasteiger partial charge in [0.05, 0.1) is 6.61 Å². The first-order chi connectivity index (χ1) is 8.08. The SMILES string of the molecule is CCCN(CCO)c1cc(C(=N)N)cc(C)n1. The Bertz CT molecular complexity index is 386. The number of aliphatic hydroxyl groups is 1. The van der Waals surface area contributed by atoms with Crippen LogP contribution in [-0.4, -0.2) is 35.6 Å². The summed E-state index contributed by atoms with van der Waals surface area (Å²) in [5, 5.41) is 16.5. The van der Waals surface area contributed by atoms with Crippen LogP contribution in [0.5, 0.6) is 0 Å². The van der Waals surface area contributed by atoms with Gasteiger partial charge in [0.25, 0.3) is 0 Å². The minimum Gasteiger partial charge on any atom is -0.395 e. The molecular formula is C12H20N4O. The second kappa shape index (κ2) is 6.20. The van der Waals surface area contributed by atoms with Crippen LogP contribution >= 0.6 is 0 Å². The van der Waals surface area contributed by atoms with Gasteiger partial charge in [0.15, 0.2) is 0 Å². The molecule has 0 aromatic carbocycles. The van der Waals surface area contributed by atoms with E-state index in [1.807, 2.05) is 11.8 Å². The summed E-state index contributed by atoms with van der Waals surface area (Å²) < 4.78 is 0. The molecule has 5 nitrogen and oxygen atoms in total. The minimum atomic E-state index is 0.0391. The Hall–Kier alpha value is -1.62. The number of amidine groups is 1. The molecule has 0 bridgehead atoms. The molecule has 1 heterocycles. The second-order valence-corrected chi connectivity index (χ2v) is 3.98. The average Bonchev–Trinajstić information content (AvgIpc) is 2.28. The number of aliphatic hydroxyl groups excluding tert-OH is 1. The summed E-state index contributed by atoms with van der Waals surface area (Å²) >= 11 is 0. The van der Waals surface area contributed by atoms with Crippen molar-refractivity contribution in [1.82, 2.24) is 4.98 Å². The topological polar surface area (TPSA) is 86.2 Å². The summed E-state index contributed by atoms with van der Waals surface area (Å²) in [4.78, 5) is 6.42. The van der Waals surface area contributed by atoms with E-state index in [1.165, 1.54) is 0 Å². The molecule has 0 unspecified atom stereocenters. The summed E-state index contributed by atoms with van der Waals surface area (Å²) in [6, 6.07) is 3.58. The first-order valence-electron chi connectivity index (χ1n) is 5.77. The Morgan fingerprint density at radius 1 is 1.47 bits per heavy atom. The molecule has 0 spiro atoms. The predicted molar refractivity (Wildman–Crippen MR) is 69.6 cm³/mol. The van der Waals surface area contributed by atoms with Crippen LogP contribution in [0.25, 0.3) is 0 Å². The van der Waals surface area contributed by atoms with Crippen LogP contribution in [0.15, 0.2) is 12.1 Å². The molecule has 94 valence electrons. The molecule has 0 radical (unpaired) electrons. The number of hydrogen-bond acceptors (Lipinski definition) is 4. The molecule has 0 aliphatic carbocycles. The van der Waals surface area contributed by atoms with E-state index in [9.17, 15) is 0 Å². The maximum Gasteiger partial charge on any atom is 0.129 e. The zero-order valence-electron chi connectivity index (χ0n) is 10.4. The number of hydrogen-bond donors (Lipinski definition) is 3. The molecule has 1 aromatic rings. The van der Waals surface area contributed by atoms with Crippen LogP contribution in [0, 0.1) is 12.3 Å². The van der Waals surface area contributed by atoms with E-state index in [-0.39, 0.29) is 12.4 Å². The molecule has 1 rings (SSSR count). The first-order valence-corrected chi connectivity index (χ1v) is 5.77. The van der Waals surface area contributed by atoms with Crippen LogP contribution < -0.4 is 10.6 Å². The number of nitrogens with zero attached hydrogens (tertiary/aromatic N) is 2. The zero-order valence-corrected chi connectivity index (χ0v) is 10.4. The van der Waals surface area contributed by atoms with Gasteiger partial charge in [-0.2, -0.15) is 0 Å². The van der Waals surface area contributed by atoms with Crippen LogP contribution in [-0.2, 0) is 0 Å². The maximum atomic E-state index is 9.04. The number of aryl methyl sites for hydroxylation is 1. The monoisotopic (exact) mass is 236 g/mol. The van der Waals surface area contributed by atoms with E-state index in [1.54, 1.807) is 12.1 Å². The minimum absolute atomic E-state index is 0.0391. The van der Waals surface area contributed by atoms with E-state index < -0.39 is 0 Å². The molecule has 0 saturated carbocycles. The average molecular weight is 236 g/mol. The number of nitrogens with two attached hydrogens (primary N) is 1. The molecule has 0 fully saturated rings. The Labute approximate surface area is 102 Å². The van der Waals surface area contributed by atoms with Crippen molar-refractivity contribution in [1.29, 1.82) is 5.41 Å². The quantitative estimate of drug-likeness (QED) is 0.505. The van der Waals surface area contributed by atoms with Gasteiger partial charge in [-0.05, 0) is 25.5 Å². The summed E-state index contributed by atoms with van der Waals surface area (Å²) in [6.45, 7) is 5.41. The Balaban J connectivity index is 3.04. The summed E-state index contributed by atoms with van der Waals surface area (Å²) in [7, 11) is 0. The lowest BCUT2D eigenvalue weighted by molar-refractivity contribution is 0.301. The number of aromatic nitrogens is 1. The van der Waals surface area contributed by atoms with E-state index in [0.717, 1.165) is 24.5 Å². The smallest absolute Gasteiger partial charge is 0.129 e. The van der Waals surface area contributed by atoms with Crippen molar-refractivity contribution in [2.45, 2.75) is 20.3 Å². The largest absolute Gasteiger partial charge is 0.395 e. The summed E-state index contributed by atoms with van der Waals surface area (Å²) in [5.74, 6) is 0.809. The van der Waals surface area contributed by atoms with Crippen molar-refractivity contribution in [3.63, 3.8) is 0 Å². The number of nitrogens with one attached hydrogen (secondary N) is 1. The zero-order chi connectivity index (χ0) is 12.8. The van der Waals surface area contributed by atoms with Crippen molar-refractivity contribution in [2.75, 3.05) is 24.6 Å². The molecule has 5 heteroatoms. The van der Waals surface area contributed by atoms with Crippen LogP contribution in [0.3, 0.4) is 0 Å². The second-order valence-electron chi connectivity index (χ2n) is 3.98. The Kier molecular flexibility index (Phi) is 4.90. The molecule has 0 aliphatic heterocycles. The fourth-order valence-corrected chi connectivity index (χ4v) is 1.70. The molecule has 17 heavy (non-hydrogen) atoms. The van der Waals surface area contributed by atoms with Crippen molar-refractivity contribution in [3.8, 4) is 0 Å².